The lowest BCUT2D eigenvalue weighted by Crippen LogP contribution is -2.31. The van der Waals surface area contributed by atoms with Crippen molar-refractivity contribution in [3.05, 3.63) is 77.8 Å². The highest BCUT2D eigenvalue weighted by Crippen LogP contribution is 2.35. The van der Waals surface area contributed by atoms with Crippen LogP contribution < -0.4 is 15.4 Å². The molecule has 1 aromatic heterocycles. The van der Waals surface area contributed by atoms with E-state index in [0.29, 0.717) is 18.1 Å². The second kappa shape index (κ2) is 7.56. The molecule has 0 radical (unpaired) electrons. The fourth-order valence-corrected chi connectivity index (χ4v) is 3.33. The molecule has 28 heavy (non-hydrogen) atoms. The molecule has 0 bridgehead atoms. The Bertz CT molecular complexity index is 1010. The number of para-hydroxylation sites is 1. The minimum atomic E-state index is -0.391. The third-order valence-electron chi connectivity index (χ3n) is 4.58. The molecule has 3 aromatic rings. The molecule has 0 fully saturated rings. The van der Waals surface area contributed by atoms with E-state index in [-0.39, 0.29) is 5.91 Å². The average Bonchev–Trinajstić information content (AvgIpc) is 3.16. The number of hydrogen-bond donors (Lipinski definition) is 2. The quantitative estimate of drug-likeness (QED) is 0.712. The van der Waals surface area contributed by atoms with Gasteiger partial charge in [-0.05, 0) is 43.7 Å². The number of carbonyl (C=O) groups is 1. The van der Waals surface area contributed by atoms with Gasteiger partial charge in [-0.2, -0.15) is 10.1 Å². The molecular weight excluding hydrogens is 354 g/mol. The Labute approximate surface area is 163 Å². The van der Waals surface area contributed by atoms with Gasteiger partial charge in [-0.15, -0.1) is 0 Å². The normalized spacial score (nSPS) is 15.6. The number of aromatic nitrogens is 3. The third-order valence-corrected chi connectivity index (χ3v) is 4.58. The second-order valence-corrected chi connectivity index (χ2v) is 6.42. The summed E-state index contributed by atoms with van der Waals surface area (Å²) in [6.45, 7) is 4.42. The first-order valence-corrected chi connectivity index (χ1v) is 9.14. The van der Waals surface area contributed by atoms with E-state index in [2.05, 4.69) is 20.7 Å². The molecule has 0 spiro atoms. The first kappa shape index (κ1) is 17.8. The van der Waals surface area contributed by atoms with E-state index in [9.17, 15) is 4.79 Å². The smallest absolute Gasteiger partial charge is 0.255 e. The van der Waals surface area contributed by atoms with Gasteiger partial charge < -0.3 is 15.4 Å². The molecule has 7 nitrogen and oxygen atoms in total. The lowest BCUT2D eigenvalue weighted by atomic mass is 9.95. The van der Waals surface area contributed by atoms with E-state index >= 15 is 0 Å². The predicted octanol–water partition coefficient (Wildman–Crippen LogP) is 3.60. The summed E-state index contributed by atoms with van der Waals surface area (Å²) in [4.78, 5) is 17.4. The lowest BCUT2D eigenvalue weighted by molar-refractivity contribution is -0.113. The first-order chi connectivity index (χ1) is 13.7. The number of hydrogen-bond acceptors (Lipinski definition) is 5. The number of benzene rings is 2. The zero-order chi connectivity index (χ0) is 19.5. The topological polar surface area (TPSA) is 81.1 Å². The number of nitrogens with zero attached hydrogens (tertiary/aromatic N) is 3. The van der Waals surface area contributed by atoms with Gasteiger partial charge in [-0.25, -0.2) is 4.68 Å². The highest BCUT2D eigenvalue weighted by molar-refractivity contribution is 6.06. The van der Waals surface area contributed by atoms with E-state index < -0.39 is 6.04 Å². The van der Waals surface area contributed by atoms with Crippen LogP contribution in [0.5, 0.6) is 5.75 Å². The summed E-state index contributed by atoms with van der Waals surface area (Å²) in [5.41, 5.74) is 3.00. The molecule has 1 unspecified atom stereocenters. The van der Waals surface area contributed by atoms with Crippen LogP contribution in [0.1, 0.15) is 25.5 Å². The fraction of sp³-hybridized carbons (Fsp3) is 0.190. The van der Waals surface area contributed by atoms with Crippen molar-refractivity contribution in [2.45, 2.75) is 19.9 Å². The maximum absolute atomic E-state index is 13.2. The number of allylic oxidation sites excluding steroid dienone is 1. The standard InChI is InChI=1S/C21H21N5O2/c1-3-28-17-11-9-15(10-12-17)19-18(14(2)24-21-22-13-23-26(19)21)20(27)25-16-7-5-4-6-8-16/h4-13,19H,3H2,1-2H3,(H,25,27)(H,22,23,24). The van der Waals surface area contributed by atoms with Gasteiger partial charge in [0.25, 0.3) is 5.91 Å². The van der Waals surface area contributed by atoms with Crippen molar-refractivity contribution < 1.29 is 9.53 Å². The zero-order valence-corrected chi connectivity index (χ0v) is 15.7. The van der Waals surface area contributed by atoms with Crippen LogP contribution in [-0.4, -0.2) is 27.3 Å². The Morgan fingerprint density at radius 3 is 2.64 bits per heavy atom. The minimum absolute atomic E-state index is 0.184. The van der Waals surface area contributed by atoms with Gasteiger partial charge in [0, 0.05) is 11.4 Å². The Kier molecular flexibility index (Phi) is 4.80. The maximum Gasteiger partial charge on any atom is 0.255 e. The summed E-state index contributed by atoms with van der Waals surface area (Å²) in [5.74, 6) is 1.21. The SMILES string of the molecule is CCOc1ccc(C2C(C(=O)Nc3ccccc3)=C(C)Nc3ncnn32)cc1. The molecule has 2 aromatic carbocycles. The largest absolute Gasteiger partial charge is 0.494 e. The highest BCUT2D eigenvalue weighted by Gasteiger charge is 2.33. The van der Waals surface area contributed by atoms with Crippen molar-refractivity contribution in [3.63, 3.8) is 0 Å². The van der Waals surface area contributed by atoms with Crippen molar-refractivity contribution in [1.82, 2.24) is 14.8 Å². The molecule has 2 heterocycles. The summed E-state index contributed by atoms with van der Waals surface area (Å²) in [6.07, 6.45) is 1.48. The lowest BCUT2D eigenvalue weighted by Gasteiger charge is -2.28. The summed E-state index contributed by atoms with van der Waals surface area (Å²) in [6, 6.07) is 16.7. The van der Waals surface area contributed by atoms with E-state index in [1.807, 2.05) is 68.4 Å². The number of ether oxygens (including phenoxy) is 1. The molecule has 4 rings (SSSR count). The van der Waals surface area contributed by atoms with Crippen LogP contribution in [0.4, 0.5) is 11.6 Å². The molecule has 0 saturated carbocycles. The number of carbonyl (C=O) groups excluding carboxylic acids is 1. The minimum Gasteiger partial charge on any atom is -0.494 e. The number of fused-ring (bicyclic) bond motifs is 1. The molecule has 1 atom stereocenters. The van der Waals surface area contributed by atoms with E-state index in [4.69, 9.17) is 4.74 Å². The van der Waals surface area contributed by atoms with Gasteiger partial charge in [0.05, 0.1) is 12.2 Å². The Hall–Kier alpha value is -3.61. The number of amides is 1. The van der Waals surface area contributed by atoms with Crippen LogP contribution in [0.15, 0.2) is 72.2 Å². The van der Waals surface area contributed by atoms with Crippen molar-refractivity contribution in [2.75, 3.05) is 17.2 Å². The summed E-state index contributed by atoms with van der Waals surface area (Å²) in [5, 5.41) is 10.5. The van der Waals surface area contributed by atoms with E-state index in [1.165, 1.54) is 6.33 Å². The number of rotatable bonds is 5. The van der Waals surface area contributed by atoms with Crippen molar-refractivity contribution in [1.29, 1.82) is 0 Å². The Balaban J connectivity index is 1.73. The fourth-order valence-electron chi connectivity index (χ4n) is 3.33. The van der Waals surface area contributed by atoms with E-state index in [0.717, 1.165) is 22.7 Å². The van der Waals surface area contributed by atoms with Crippen molar-refractivity contribution >= 4 is 17.5 Å². The summed E-state index contributed by atoms with van der Waals surface area (Å²) >= 11 is 0. The van der Waals surface area contributed by atoms with Crippen LogP contribution in [0, 0.1) is 0 Å². The molecule has 2 N–H and O–H groups in total. The van der Waals surface area contributed by atoms with Crippen LogP contribution in [0.25, 0.3) is 0 Å². The van der Waals surface area contributed by atoms with Crippen molar-refractivity contribution in [3.8, 4) is 5.75 Å². The summed E-state index contributed by atoms with van der Waals surface area (Å²) in [7, 11) is 0. The third kappa shape index (κ3) is 3.34. The predicted molar refractivity (Wildman–Crippen MR) is 107 cm³/mol. The maximum atomic E-state index is 13.2. The van der Waals surface area contributed by atoms with Crippen LogP contribution in [0.3, 0.4) is 0 Å². The molecule has 0 aliphatic carbocycles. The molecule has 1 aliphatic heterocycles. The number of anilines is 2. The van der Waals surface area contributed by atoms with E-state index in [1.54, 1.807) is 4.68 Å². The first-order valence-electron chi connectivity index (χ1n) is 9.14. The van der Waals surface area contributed by atoms with Crippen LogP contribution >= 0.6 is 0 Å². The molecule has 1 amide bonds. The Morgan fingerprint density at radius 1 is 1.18 bits per heavy atom. The van der Waals surface area contributed by atoms with Crippen LogP contribution in [0.2, 0.25) is 0 Å². The van der Waals surface area contributed by atoms with Gasteiger partial charge >= 0.3 is 0 Å². The van der Waals surface area contributed by atoms with Gasteiger partial charge in [-0.3, -0.25) is 4.79 Å². The zero-order valence-electron chi connectivity index (χ0n) is 15.7. The monoisotopic (exact) mass is 375 g/mol. The molecule has 0 saturated heterocycles. The Morgan fingerprint density at radius 2 is 1.93 bits per heavy atom. The summed E-state index contributed by atoms with van der Waals surface area (Å²) < 4.78 is 7.26. The molecule has 1 aliphatic rings. The van der Waals surface area contributed by atoms with Gasteiger partial charge in [0.1, 0.15) is 18.1 Å². The second-order valence-electron chi connectivity index (χ2n) is 6.42. The average molecular weight is 375 g/mol. The van der Waals surface area contributed by atoms with Crippen LogP contribution in [-0.2, 0) is 4.79 Å². The number of nitrogens with one attached hydrogen (secondary N) is 2. The van der Waals surface area contributed by atoms with Gasteiger partial charge in [0.2, 0.25) is 5.95 Å². The van der Waals surface area contributed by atoms with Gasteiger partial charge in [0.15, 0.2) is 0 Å². The molecule has 142 valence electrons. The molecular formula is C21H21N5O2. The molecule has 7 heteroatoms. The van der Waals surface area contributed by atoms with Gasteiger partial charge in [-0.1, -0.05) is 30.3 Å². The highest BCUT2D eigenvalue weighted by atomic mass is 16.5. The van der Waals surface area contributed by atoms with Crippen molar-refractivity contribution in [2.24, 2.45) is 0 Å².